The monoisotopic (exact) mass is 243 g/mol. The Balaban J connectivity index is 1.91. The summed E-state index contributed by atoms with van der Waals surface area (Å²) in [6.07, 6.45) is 4.60. The summed E-state index contributed by atoms with van der Waals surface area (Å²) in [4.78, 5) is 7.36. The van der Waals surface area contributed by atoms with Crippen LogP contribution in [0.15, 0.2) is 42.7 Å². The van der Waals surface area contributed by atoms with Gasteiger partial charge in [-0.3, -0.25) is 0 Å². The molecule has 0 spiro atoms. The molecule has 2 aromatic rings. The molecule has 0 amide bonds. The third-order valence-electron chi connectivity index (χ3n) is 3.11. The standard InChI is InChI=1S/C15H21N3/c1-12(2)15(13-6-4-3-5-7-13)18-9-8-14-16-10-11-17-14/h3-7,10-12,15,18H,8-9H2,1-2H3,(H,16,17). The van der Waals surface area contributed by atoms with E-state index in [1.165, 1.54) is 5.56 Å². The Hall–Kier alpha value is -1.61. The number of hydrogen-bond acceptors (Lipinski definition) is 2. The van der Waals surface area contributed by atoms with Gasteiger partial charge in [-0.1, -0.05) is 44.2 Å². The molecule has 0 bridgehead atoms. The van der Waals surface area contributed by atoms with Crippen LogP contribution in [0.25, 0.3) is 0 Å². The lowest BCUT2D eigenvalue weighted by molar-refractivity contribution is 0.413. The van der Waals surface area contributed by atoms with Crippen LogP contribution in [0.5, 0.6) is 0 Å². The minimum Gasteiger partial charge on any atom is -0.349 e. The molecule has 1 heterocycles. The van der Waals surface area contributed by atoms with Crippen LogP contribution < -0.4 is 5.32 Å². The van der Waals surface area contributed by atoms with Gasteiger partial charge >= 0.3 is 0 Å². The highest BCUT2D eigenvalue weighted by atomic mass is 14.9. The van der Waals surface area contributed by atoms with Crippen LogP contribution >= 0.6 is 0 Å². The van der Waals surface area contributed by atoms with Crippen molar-refractivity contribution in [2.24, 2.45) is 5.92 Å². The molecule has 1 aromatic heterocycles. The van der Waals surface area contributed by atoms with Crippen LogP contribution in [0.4, 0.5) is 0 Å². The summed E-state index contributed by atoms with van der Waals surface area (Å²) in [5.41, 5.74) is 1.35. The molecule has 0 fully saturated rings. The molecule has 96 valence electrons. The van der Waals surface area contributed by atoms with Gasteiger partial charge in [-0.2, -0.15) is 0 Å². The summed E-state index contributed by atoms with van der Waals surface area (Å²) >= 11 is 0. The molecular weight excluding hydrogens is 222 g/mol. The van der Waals surface area contributed by atoms with Crippen LogP contribution in [-0.4, -0.2) is 16.5 Å². The number of aromatic nitrogens is 2. The molecule has 0 saturated carbocycles. The van der Waals surface area contributed by atoms with Gasteiger partial charge in [0, 0.05) is 31.4 Å². The average Bonchev–Trinajstić information content (AvgIpc) is 2.88. The Kier molecular flexibility index (Phi) is 4.53. The van der Waals surface area contributed by atoms with Crippen LogP contribution in [0.3, 0.4) is 0 Å². The van der Waals surface area contributed by atoms with Crippen LogP contribution in [0.1, 0.15) is 31.3 Å². The van der Waals surface area contributed by atoms with Gasteiger partial charge < -0.3 is 10.3 Å². The first-order valence-corrected chi connectivity index (χ1v) is 6.54. The van der Waals surface area contributed by atoms with Crippen molar-refractivity contribution in [1.29, 1.82) is 0 Å². The maximum atomic E-state index is 4.24. The van der Waals surface area contributed by atoms with Crippen molar-refractivity contribution >= 4 is 0 Å². The van der Waals surface area contributed by atoms with E-state index >= 15 is 0 Å². The molecule has 1 atom stereocenters. The fourth-order valence-corrected chi connectivity index (χ4v) is 2.18. The predicted octanol–water partition coefficient (Wildman–Crippen LogP) is 2.94. The second kappa shape index (κ2) is 6.36. The molecule has 3 heteroatoms. The third kappa shape index (κ3) is 3.44. The first-order chi connectivity index (χ1) is 8.77. The highest BCUT2D eigenvalue weighted by Gasteiger charge is 2.14. The fraction of sp³-hybridized carbons (Fsp3) is 0.400. The van der Waals surface area contributed by atoms with E-state index in [-0.39, 0.29) is 0 Å². The Morgan fingerprint density at radius 2 is 2.00 bits per heavy atom. The van der Waals surface area contributed by atoms with Crippen LogP contribution in [-0.2, 0) is 6.42 Å². The van der Waals surface area contributed by atoms with Gasteiger partial charge in [0.1, 0.15) is 5.82 Å². The molecule has 18 heavy (non-hydrogen) atoms. The average molecular weight is 243 g/mol. The number of nitrogens with zero attached hydrogens (tertiary/aromatic N) is 1. The molecular formula is C15H21N3. The smallest absolute Gasteiger partial charge is 0.107 e. The van der Waals surface area contributed by atoms with Crippen molar-refractivity contribution in [3.05, 3.63) is 54.1 Å². The van der Waals surface area contributed by atoms with Gasteiger partial charge in [-0.25, -0.2) is 4.98 Å². The van der Waals surface area contributed by atoms with Gasteiger partial charge in [-0.15, -0.1) is 0 Å². The van der Waals surface area contributed by atoms with Crippen LogP contribution in [0, 0.1) is 5.92 Å². The fourth-order valence-electron chi connectivity index (χ4n) is 2.18. The Bertz CT molecular complexity index is 434. The maximum absolute atomic E-state index is 4.24. The Morgan fingerprint density at radius 3 is 2.61 bits per heavy atom. The lowest BCUT2D eigenvalue weighted by Crippen LogP contribution is -2.27. The second-order valence-electron chi connectivity index (χ2n) is 4.87. The summed E-state index contributed by atoms with van der Waals surface area (Å²) in [7, 11) is 0. The number of H-pyrrole nitrogens is 1. The van der Waals surface area contributed by atoms with E-state index < -0.39 is 0 Å². The summed E-state index contributed by atoms with van der Waals surface area (Å²) < 4.78 is 0. The molecule has 0 aliphatic rings. The molecule has 3 nitrogen and oxygen atoms in total. The topological polar surface area (TPSA) is 40.7 Å². The zero-order valence-electron chi connectivity index (χ0n) is 11.1. The third-order valence-corrected chi connectivity index (χ3v) is 3.11. The zero-order valence-corrected chi connectivity index (χ0v) is 11.1. The number of hydrogen-bond donors (Lipinski definition) is 2. The number of rotatable bonds is 6. The molecule has 0 radical (unpaired) electrons. The molecule has 0 aliphatic carbocycles. The van der Waals surface area contributed by atoms with Gasteiger partial charge in [0.25, 0.3) is 0 Å². The highest BCUT2D eigenvalue weighted by Crippen LogP contribution is 2.20. The summed E-state index contributed by atoms with van der Waals surface area (Å²) in [6, 6.07) is 11.0. The van der Waals surface area contributed by atoms with Crippen molar-refractivity contribution in [3.63, 3.8) is 0 Å². The van der Waals surface area contributed by atoms with E-state index in [0.717, 1.165) is 18.8 Å². The lowest BCUT2D eigenvalue weighted by atomic mass is 9.96. The van der Waals surface area contributed by atoms with Crippen molar-refractivity contribution in [2.45, 2.75) is 26.3 Å². The predicted molar refractivity (Wildman–Crippen MR) is 74.3 cm³/mol. The second-order valence-corrected chi connectivity index (χ2v) is 4.87. The van der Waals surface area contributed by atoms with Crippen LogP contribution in [0.2, 0.25) is 0 Å². The van der Waals surface area contributed by atoms with Gasteiger partial charge in [-0.05, 0) is 11.5 Å². The molecule has 0 aliphatic heterocycles. The van der Waals surface area contributed by atoms with Crippen molar-refractivity contribution in [2.75, 3.05) is 6.54 Å². The number of nitrogens with one attached hydrogen (secondary N) is 2. The van der Waals surface area contributed by atoms with Gasteiger partial charge in [0.05, 0.1) is 0 Å². The zero-order chi connectivity index (χ0) is 12.8. The van der Waals surface area contributed by atoms with E-state index in [1.54, 1.807) is 6.20 Å². The Labute approximate surface area is 109 Å². The molecule has 0 saturated heterocycles. The largest absolute Gasteiger partial charge is 0.349 e. The normalized spacial score (nSPS) is 12.8. The molecule has 1 aromatic carbocycles. The quantitative estimate of drug-likeness (QED) is 0.819. The van der Waals surface area contributed by atoms with Crippen molar-refractivity contribution < 1.29 is 0 Å². The molecule has 1 unspecified atom stereocenters. The lowest BCUT2D eigenvalue weighted by Gasteiger charge is -2.22. The maximum Gasteiger partial charge on any atom is 0.107 e. The SMILES string of the molecule is CC(C)C(NCCc1ncc[nH]1)c1ccccc1. The molecule has 2 N–H and O–H groups in total. The van der Waals surface area contributed by atoms with E-state index in [4.69, 9.17) is 0 Å². The first kappa shape index (κ1) is 12.8. The summed E-state index contributed by atoms with van der Waals surface area (Å²) in [6.45, 7) is 5.43. The van der Waals surface area contributed by atoms with E-state index in [0.29, 0.717) is 12.0 Å². The minimum absolute atomic E-state index is 0.404. The van der Waals surface area contributed by atoms with Crippen molar-refractivity contribution in [3.8, 4) is 0 Å². The molecule has 2 rings (SSSR count). The number of benzene rings is 1. The summed E-state index contributed by atoms with van der Waals surface area (Å²) in [5.74, 6) is 1.61. The van der Waals surface area contributed by atoms with E-state index in [1.807, 2.05) is 6.20 Å². The van der Waals surface area contributed by atoms with E-state index in [2.05, 4.69) is 59.5 Å². The minimum atomic E-state index is 0.404. The van der Waals surface area contributed by atoms with E-state index in [9.17, 15) is 0 Å². The summed E-state index contributed by atoms with van der Waals surface area (Å²) in [5, 5.41) is 3.61. The number of aromatic amines is 1. The van der Waals surface area contributed by atoms with Gasteiger partial charge in [0.2, 0.25) is 0 Å². The van der Waals surface area contributed by atoms with Crippen molar-refractivity contribution in [1.82, 2.24) is 15.3 Å². The Morgan fingerprint density at radius 1 is 1.22 bits per heavy atom. The first-order valence-electron chi connectivity index (χ1n) is 6.54. The van der Waals surface area contributed by atoms with Gasteiger partial charge in [0.15, 0.2) is 0 Å². The number of imidazole rings is 1. The highest BCUT2D eigenvalue weighted by molar-refractivity contribution is 5.19.